The largest absolute Gasteiger partial charge is 0.486 e. The van der Waals surface area contributed by atoms with E-state index in [1.165, 1.54) is 11.1 Å². The molecule has 1 N–H and O–H groups in total. The molecule has 2 aromatic heterocycles. The number of aromatic nitrogens is 2. The number of benzene rings is 2. The van der Waals surface area contributed by atoms with E-state index in [-0.39, 0.29) is 30.2 Å². The molecule has 4 aromatic rings. The van der Waals surface area contributed by atoms with Crippen molar-refractivity contribution in [3.8, 4) is 5.75 Å². The first-order chi connectivity index (χ1) is 16.4. The molecule has 0 radical (unpaired) electrons. The maximum atomic E-state index is 12.5. The maximum Gasteiger partial charge on any atom is 0.287 e. The van der Waals surface area contributed by atoms with E-state index in [4.69, 9.17) is 20.8 Å². The van der Waals surface area contributed by atoms with Crippen molar-refractivity contribution in [2.24, 2.45) is 0 Å². The fraction of sp³-hybridized carbons (Fsp3) is 0.259. The highest BCUT2D eigenvalue weighted by Gasteiger charge is 2.22. The van der Waals surface area contributed by atoms with Crippen LogP contribution in [0.4, 0.5) is 0 Å². The van der Waals surface area contributed by atoms with E-state index in [0.717, 1.165) is 11.4 Å². The van der Waals surface area contributed by atoms with Gasteiger partial charge in [-0.25, -0.2) is 0 Å². The number of hydrogen-bond donors (Lipinski definition) is 1. The van der Waals surface area contributed by atoms with E-state index in [0.29, 0.717) is 17.3 Å². The summed E-state index contributed by atoms with van der Waals surface area (Å²) < 4.78 is 13.3. The summed E-state index contributed by atoms with van der Waals surface area (Å²) in [4.78, 5) is 12.5. The molecule has 6 nitrogen and oxygen atoms in total. The summed E-state index contributed by atoms with van der Waals surface area (Å²) in [7, 11) is 0. The molecule has 7 heteroatoms. The average molecular weight is 478 g/mol. The highest BCUT2D eigenvalue weighted by atomic mass is 35.5. The molecule has 34 heavy (non-hydrogen) atoms. The minimum atomic E-state index is -0.321. The summed E-state index contributed by atoms with van der Waals surface area (Å²) in [5.74, 6) is 1.20. The molecule has 0 saturated heterocycles. The van der Waals surface area contributed by atoms with Crippen LogP contribution in [0.25, 0.3) is 0 Å². The van der Waals surface area contributed by atoms with Gasteiger partial charge >= 0.3 is 0 Å². The van der Waals surface area contributed by atoms with E-state index < -0.39 is 0 Å². The average Bonchev–Trinajstić information content (AvgIpc) is 3.48. The third-order valence-electron chi connectivity index (χ3n) is 5.95. The quantitative estimate of drug-likeness (QED) is 0.321. The van der Waals surface area contributed by atoms with Gasteiger partial charge in [-0.1, -0.05) is 67.9 Å². The summed E-state index contributed by atoms with van der Waals surface area (Å²) >= 11 is 6.15. The maximum absolute atomic E-state index is 12.5. The lowest BCUT2D eigenvalue weighted by Crippen LogP contribution is -2.24. The van der Waals surface area contributed by atoms with Crippen LogP contribution in [0.5, 0.6) is 5.75 Å². The Labute approximate surface area is 204 Å². The fourth-order valence-electron chi connectivity index (χ4n) is 3.81. The Morgan fingerprint density at radius 1 is 1.06 bits per heavy atom. The molecule has 0 atom stereocenters. The number of furan rings is 1. The molecule has 4 rings (SSSR count). The van der Waals surface area contributed by atoms with Gasteiger partial charge in [0.05, 0.1) is 23.5 Å². The Bertz CT molecular complexity index is 1240. The van der Waals surface area contributed by atoms with Crippen LogP contribution < -0.4 is 10.1 Å². The lowest BCUT2D eigenvalue weighted by Gasteiger charge is -2.26. The molecule has 176 valence electrons. The number of aryl methyl sites for hydroxylation is 1. The summed E-state index contributed by atoms with van der Waals surface area (Å²) in [5, 5.41) is 7.51. The van der Waals surface area contributed by atoms with Crippen molar-refractivity contribution in [1.82, 2.24) is 15.1 Å². The second-order valence-electron chi connectivity index (χ2n) is 8.51. The van der Waals surface area contributed by atoms with Gasteiger partial charge in [0.25, 0.3) is 5.91 Å². The van der Waals surface area contributed by atoms with Gasteiger partial charge < -0.3 is 14.5 Å². The molecular formula is C27H28ClN3O3. The third-order valence-corrected chi connectivity index (χ3v) is 6.27. The number of nitrogens with zero attached hydrogens (tertiary/aromatic N) is 2. The molecule has 2 heterocycles. The normalized spacial score (nSPS) is 11.4. The minimum Gasteiger partial charge on any atom is -0.486 e. The molecule has 0 bridgehead atoms. The lowest BCUT2D eigenvalue weighted by atomic mass is 9.78. The van der Waals surface area contributed by atoms with Gasteiger partial charge in [0.1, 0.15) is 18.1 Å². The van der Waals surface area contributed by atoms with Crippen molar-refractivity contribution in [3.63, 3.8) is 0 Å². The fourth-order valence-corrected chi connectivity index (χ4v) is 4.02. The number of rotatable bonds is 9. The Hall–Kier alpha value is -3.51. The smallest absolute Gasteiger partial charge is 0.287 e. The topological polar surface area (TPSA) is 69.3 Å². The van der Waals surface area contributed by atoms with Gasteiger partial charge in [0, 0.05) is 12.0 Å². The standard InChI is InChI=1S/C27H28ClN3O3/c1-4-31-24(23(28)16-30-31)17-29-26(32)25-15-14-22(34-25)18-33-21-12-10-20(11-13-21)27(2,3)19-8-6-5-7-9-19/h5-16H,4,17-18H2,1-3H3,(H,29,32). The summed E-state index contributed by atoms with van der Waals surface area (Å²) in [6.07, 6.45) is 1.57. The molecule has 0 aliphatic rings. The van der Waals surface area contributed by atoms with Crippen molar-refractivity contribution in [2.45, 2.75) is 45.9 Å². The van der Waals surface area contributed by atoms with Crippen molar-refractivity contribution >= 4 is 17.5 Å². The van der Waals surface area contributed by atoms with Crippen LogP contribution in [0.15, 0.2) is 77.3 Å². The van der Waals surface area contributed by atoms with Crippen LogP contribution in [0, 0.1) is 0 Å². The van der Waals surface area contributed by atoms with Crippen LogP contribution >= 0.6 is 11.6 Å². The molecule has 0 aliphatic carbocycles. The number of nitrogens with one attached hydrogen (secondary N) is 1. The van der Waals surface area contributed by atoms with E-state index >= 15 is 0 Å². The Morgan fingerprint density at radius 3 is 2.47 bits per heavy atom. The van der Waals surface area contributed by atoms with Gasteiger partial charge in [0.15, 0.2) is 5.76 Å². The summed E-state index contributed by atoms with van der Waals surface area (Å²) in [5.41, 5.74) is 3.10. The zero-order chi connectivity index (χ0) is 24.1. The van der Waals surface area contributed by atoms with Gasteiger partial charge in [0.2, 0.25) is 0 Å². The van der Waals surface area contributed by atoms with E-state index in [1.807, 2.05) is 25.1 Å². The Morgan fingerprint density at radius 2 is 1.76 bits per heavy atom. The van der Waals surface area contributed by atoms with Crippen LogP contribution in [-0.2, 0) is 25.1 Å². The zero-order valence-corrected chi connectivity index (χ0v) is 20.3. The zero-order valence-electron chi connectivity index (χ0n) is 19.5. The molecule has 0 unspecified atom stereocenters. The van der Waals surface area contributed by atoms with Crippen molar-refractivity contribution < 1.29 is 13.9 Å². The molecule has 0 saturated carbocycles. The van der Waals surface area contributed by atoms with E-state index in [1.54, 1.807) is 23.0 Å². The first kappa shape index (κ1) is 23.6. The van der Waals surface area contributed by atoms with Crippen molar-refractivity contribution in [1.29, 1.82) is 0 Å². The van der Waals surface area contributed by atoms with Gasteiger partial charge in [-0.2, -0.15) is 5.10 Å². The predicted molar refractivity (Wildman–Crippen MR) is 132 cm³/mol. The number of amides is 1. The van der Waals surface area contributed by atoms with Crippen LogP contribution in [0.1, 0.15) is 53.9 Å². The van der Waals surface area contributed by atoms with Crippen molar-refractivity contribution in [3.05, 3.63) is 106 Å². The molecule has 0 spiro atoms. The Balaban J connectivity index is 1.33. The molecule has 2 aromatic carbocycles. The van der Waals surface area contributed by atoms with Gasteiger partial charge in [-0.15, -0.1) is 0 Å². The molecule has 0 fully saturated rings. The second-order valence-corrected chi connectivity index (χ2v) is 8.91. The van der Waals surface area contributed by atoms with Gasteiger partial charge in [-0.05, 0) is 42.3 Å². The predicted octanol–water partition coefficient (Wildman–Crippen LogP) is 5.98. The number of hydrogen-bond acceptors (Lipinski definition) is 4. The monoisotopic (exact) mass is 477 g/mol. The van der Waals surface area contributed by atoms with E-state index in [9.17, 15) is 4.79 Å². The molecular weight excluding hydrogens is 450 g/mol. The highest BCUT2D eigenvalue weighted by molar-refractivity contribution is 6.31. The molecule has 1 amide bonds. The third kappa shape index (κ3) is 5.18. The van der Waals surface area contributed by atoms with E-state index in [2.05, 4.69) is 60.7 Å². The molecule has 0 aliphatic heterocycles. The van der Waals surface area contributed by atoms with Crippen LogP contribution in [0.3, 0.4) is 0 Å². The number of carbonyl (C=O) groups excluding carboxylic acids is 1. The Kier molecular flexibility index (Phi) is 7.08. The number of ether oxygens (including phenoxy) is 1. The lowest BCUT2D eigenvalue weighted by molar-refractivity contribution is 0.0918. The van der Waals surface area contributed by atoms with Crippen LogP contribution in [-0.4, -0.2) is 15.7 Å². The first-order valence-electron chi connectivity index (χ1n) is 11.2. The van der Waals surface area contributed by atoms with Crippen molar-refractivity contribution in [2.75, 3.05) is 0 Å². The van der Waals surface area contributed by atoms with Gasteiger partial charge in [-0.3, -0.25) is 9.48 Å². The minimum absolute atomic E-state index is 0.109. The number of halogens is 1. The number of carbonyl (C=O) groups is 1. The SMILES string of the molecule is CCn1ncc(Cl)c1CNC(=O)c1ccc(COc2ccc(C(C)(C)c3ccccc3)cc2)o1. The first-order valence-corrected chi connectivity index (χ1v) is 11.6. The van der Waals surface area contributed by atoms with Crippen LogP contribution in [0.2, 0.25) is 5.02 Å². The second kappa shape index (κ2) is 10.2. The summed E-state index contributed by atoms with van der Waals surface area (Å²) in [6.45, 7) is 7.54. The highest BCUT2D eigenvalue weighted by Crippen LogP contribution is 2.32. The summed E-state index contributed by atoms with van der Waals surface area (Å²) in [6, 6.07) is 21.9.